The van der Waals surface area contributed by atoms with E-state index in [1.807, 2.05) is 24.3 Å². The van der Waals surface area contributed by atoms with E-state index in [1.54, 1.807) is 19.2 Å². The summed E-state index contributed by atoms with van der Waals surface area (Å²) in [5.41, 5.74) is 2.49. The van der Waals surface area contributed by atoms with Crippen LogP contribution in [0.4, 0.5) is 23.0 Å². The molecular formula is C29H36ClN7O3. The summed E-state index contributed by atoms with van der Waals surface area (Å²) in [4.78, 5) is 28.2. The Bertz CT molecular complexity index is 1310. The highest BCUT2D eigenvalue weighted by Gasteiger charge is 2.17. The summed E-state index contributed by atoms with van der Waals surface area (Å²) in [6, 6.07) is 13.2. The molecule has 2 aliphatic rings. The summed E-state index contributed by atoms with van der Waals surface area (Å²) in [5.74, 6) is 1.67. The Morgan fingerprint density at radius 2 is 1.85 bits per heavy atom. The Hall–Kier alpha value is -3.60. The Labute approximate surface area is 240 Å². The number of hydrogen-bond donors (Lipinski definition) is 2. The van der Waals surface area contributed by atoms with Gasteiger partial charge in [0.1, 0.15) is 16.5 Å². The number of carbonyl (C=O) groups is 1. The van der Waals surface area contributed by atoms with Crippen LogP contribution in [0.5, 0.6) is 17.4 Å². The van der Waals surface area contributed by atoms with Gasteiger partial charge in [-0.3, -0.25) is 4.79 Å². The molecule has 0 spiro atoms. The predicted octanol–water partition coefficient (Wildman–Crippen LogP) is 4.85. The lowest BCUT2D eigenvalue weighted by Gasteiger charge is -2.34. The van der Waals surface area contributed by atoms with Crippen molar-refractivity contribution in [2.45, 2.75) is 19.3 Å². The van der Waals surface area contributed by atoms with Gasteiger partial charge >= 0.3 is 0 Å². The van der Waals surface area contributed by atoms with Crippen molar-refractivity contribution in [3.63, 3.8) is 0 Å². The quantitative estimate of drug-likeness (QED) is 0.357. The summed E-state index contributed by atoms with van der Waals surface area (Å²) in [7, 11) is 3.78. The number of piperazine rings is 1. The number of amides is 1. The molecule has 10 nitrogen and oxygen atoms in total. The molecule has 0 aliphatic carbocycles. The molecule has 3 heterocycles. The van der Waals surface area contributed by atoms with Crippen LogP contribution < -0.4 is 25.0 Å². The topological polar surface area (TPSA) is 95.1 Å². The number of methoxy groups -OCH3 is 1. The Balaban J connectivity index is 1.23. The van der Waals surface area contributed by atoms with Crippen LogP contribution in [0.25, 0.3) is 0 Å². The third kappa shape index (κ3) is 7.32. The van der Waals surface area contributed by atoms with E-state index in [1.165, 1.54) is 19.0 Å². The van der Waals surface area contributed by atoms with Gasteiger partial charge in [-0.2, -0.15) is 4.98 Å². The molecule has 40 heavy (non-hydrogen) atoms. The molecule has 5 rings (SSSR count). The number of aromatic nitrogens is 2. The Kier molecular flexibility index (Phi) is 9.20. The first kappa shape index (κ1) is 27.9. The molecule has 2 fully saturated rings. The maximum atomic E-state index is 12.4. The van der Waals surface area contributed by atoms with Gasteiger partial charge in [-0.15, -0.1) is 0 Å². The van der Waals surface area contributed by atoms with Crippen molar-refractivity contribution in [1.82, 2.24) is 19.8 Å². The number of likely N-dealkylation sites (N-methyl/N-ethyl adjacent to an activating group) is 1. The monoisotopic (exact) mass is 565 g/mol. The molecule has 1 aromatic heterocycles. The van der Waals surface area contributed by atoms with Gasteiger partial charge < -0.3 is 34.8 Å². The zero-order valence-electron chi connectivity index (χ0n) is 23.0. The molecule has 0 atom stereocenters. The van der Waals surface area contributed by atoms with Crippen molar-refractivity contribution in [2.75, 3.05) is 75.5 Å². The number of ether oxygens (including phenoxy) is 2. The lowest BCUT2D eigenvalue weighted by Crippen LogP contribution is -2.44. The van der Waals surface area contributed by atoms with Crippen molar-refractivity contribution in [3.05, 3.63) is 53.7 Å². The summed E-state index contributed by atoms with van der Waals surface area (Å²) in [6.07, 6.45) is 4.36. The Morgan fingerprint density at radius 1 is 1.05 bits per heavy atom. The molecule has 11 heteroatoms. The smallest absolute Gasteiger partial charge is 0.243 e. The van der Waals surface area contributed by atoms with Gasteiger partial charge in [-0.25, -0.2) is 4.98 Å². The zero-order chi connectivity index (χ0) is 27.9. The van der Waals surface area contributed by atoms with Crippen LogP contribution in [0.3, 0.4) is 0 Å². The molecule has 3 aromatic rings. The number of hydrogen-bond acceptors (Lipinski definition) is 9. The van der Waals surface area contributed by atoms with E-state index in [2.05, 4.69) is 48.4 Å². The average molecular weight is 566 g/mol. The summed E-state index contributed by atoms with van der Waals surface area (Å²) >= 11 is 6.37. The van der Waals surface area contributed by atoms with E-state index in [9.17, 15) is 4.79 Å². The fraction of sp³-hybridized carbons (Fsp3) is 0.414. The van der Waals surface area contributed by atoms with Crippen molar-refractivity contribution >= 4 is 40.5 Å². The fourth-order valence-electron chi connectivity index (χ4n) is 4.89. The van der Waals surface area contributed by atoms with E-state index >= 15 is 0 Å². The number of anilines is 4. The summed E-state index contributed by atoms with van der Waals surface area (Å²) < 4.78 is 11.7. The number of halogens is 1. The molecule has 2 N–H and O–H groups in total. The van der Waals surface area contributed by atoms with Crippen molar-refractivity contribution < 1.29 is 14.3 Å². The highest BCUT2D eigenvalue weighted by atomic mass is 35.5. The van der Waals surface area contributed by atoms with Gasteiger partial charge in [0, 0.05) is 62.7 Å². The first-order valence-electron chi connectivity index (χ1n) is 13.7. The SMILES string of the molecule is COc1cc(N2CCN(C)CC2)ccc1Nc1ncc(Cl)c(Oc2cccc(NC(=O)CCN3CCCC3)c2)n1. The van der Waals surface area contributed by atoms with Gasteiger partial charge in [0.15, 0.2) is 0 Å². The Morgan fingerprint density at radius 3 is 2.62 bits per heavy atom. The largest absolute Gasteiger partial charge is 0.494 e. The van der Waals surface area contributed by atoms with Gasteiger partial charge in [0.25, 0.3) is 0 Å². The number of rotatable bonds is 10. The van der Waals surface area contributed by atoms with Gasteiger partial charge in [0.05, 0.1) is 19.0 Å². The van der Waals surface area contributed by atoms with Crippen LogP contribution in [0.15, 0.2) is 48.7 Å². The van der Waals surface area contributed by atoms with E-state index in [0.29, 0.717) is 29.6 Å². The molecule has 0 bridgehead atoms. The third-order valence-electron chi connectivity index (χ3n) is 7.20. The van der Waals surface area contributed by atoms with Crippen LogP contribution in [-0.2, 0) is 4.79 Å². The highest BCUT2D eigenvalue weighted by molar-refractivity contribution is 6.31. The minimum atomic E-state index is -0.0248. The van der Waals surface area contributed by atoms with E-state index in [-0.39, 0.29) is 16.8 Å². The van der Waals surface area contributed by atoms with Gasteiger partial charge in [0.2, 0.25) is 17.7 Å². The van der Waals surface area contributed by atoms with Gasteiger partial charge in [-0.05, 0) is 57.2 Å². The summed E-state index contributed by atoms with van der Waals surface area (Å²) in [5, 5.41) is 6.43. The predicted molar refractivity (Wildman–Crippen MR) is 158 cm³/mol. The van der Waals surface area contributed by atoms with Gasteiger partial charge in [-0.1, -0.05) is 17.7 Å². The molecule has 2 saturated heterocycles. The van der Waals surface area contributed by atoms with E-state index in [4.69, 9.17) is 21.1 Å². The van der Waals surface area contributed by atoms with Crippen molar-refractivity contribution in [3.8, 4) is 17.4 Å². The molecule has 212 valence electrons. The number of carbonyl (C=O) groups excluding carboxylic acids is 1. The third-order valence-corrected chi connectivity index (χ3v) is 7.46. The zero-order valence-corrected chi connectivity index (χ0v) is 23.8. The molecule has 2 aliphatic heterocycles. The average Bonchev–Trinajstić information content (AvgIpc) is 3.48. The second-order valence-electron chi connectivity index (χ2n) is 10.1. The molecule has 0 saturated carbocycles. The first-order chi connectivity index (χ1) is 19.5. The molecule has 1 amide bonds. The maximum Gasteiger partial charge on any atom is 0.243 e. The van der Waals surface area contributed by atoms with Crippen LogP contribution in [0.1, 0.15) is 19.3 Å². The number of likely N-dealkylation sites (tertiary alicyclic amines) is 1. The number of benzene rings is 2. The second kappa shape index (κ2) is 13.2. The molecule has 2 aromatic carbocycles. The van der Waals surface area contributed by atoms with E-state index < -0.39 is 0 Å². The van der Waals surface area contributed by atoms with Crippen LogP contribution in [-0.4, -0.2) is 85.6 Å². The molecule has 0 radical (unpaired) electrons. The van der Waals surface area contributed by atoms with Crippen molar-refractivity contribution in [1.29, 1.82) is 0 Å². The van der Waals surface area contributed by atoms with Crippen LogP contribution >= 0.6 is 11.6 Å². The molecular weight excluding hydrogens is 530 g/mol. The van der Waals surface area contributed by atoms with Crippen molar-refractivity contribution in [2.24, 2.45) is 0 Å². The molecule has 0 unspecified atom stereocenters. The van der Waals surface area contributed by atoms with E-state index in [0.717, 1.165) is 57.2 Å². The van der Waals surface area contributed by atoms with Crippen LogP contribution in [0, 0.1) is 0 Å². The number of nitrogens with one attached hydrogen (secondary N) is 2. The minimum absolute atomic E-state index is 0.0248. The summed E-state index contributed by atoms with van der Waals surface area (Å²) in [6.45, 7) is 6.91. The fourth-order valence-corrected chi connectivity index (χ4v) is 5.02. The minimum Gasteiger partial charge on any atom is -0.494 e. The maximum absolute atomic E-state index is 12.4. The lowest BCUT2D eigenvalue weighted by molar-refractivity contribution is -0.116. The first-order valence-corrected chi connectivity index (χ1v) is 14.1. The lowest BCUT2D eigenvalue weighted by atomic mass is 10.2. The number of nitrogens with zero attached hydrogens (tertiary/aromatic N) is 5. The van der Waals surface area contributed by atoms with Crippen LogP contribution in [0.2, 0.25) is 5.02 Å². The normalized spacial score (nSPS) is 16.1. The standard InChI is InChI=1S/C29H36ClN7O3/c1-35-14-16-37(17-15-35)22-8-9-25(26(19-22)39-2)33-29-31-20-24(30)28(34-29)40-23-7-5-6-21(18-23)32-27(38)10-13-36-11-3-4-12-36/h5-9,18-20H,3-4,10-17H2,1-2H3,(H,32,38)(H,31,33,34). The second-order valence-corrected chi connectivity index (χ2v) is 10.5. The highest BCUT2D eigenvalue weighted by Crippen LogP contribution is 2.34.